The van der Waals surface area contributed by atoms with Gasteiger partial charge in [0.1, 0.15) is 17.3 Å². The molecule has 198 valence electrons. The molecule has 0 amide bonds. The molecule has 8 nitrogen and oxygen atoms in total. The average molecular weight is 546 g/mol. The first-order chi connectivity index (χ1) is 18.8. The van der Waals surface area contributed by atoms with Gasteiger partial charge in [0.2, 0.25) is 5.95 Å². The number of aryl methyl sites for hydroxylation is 1. The predicted molar refractivity (Wildman–Crippen MR) is 149 cm³/mol. The number of rotatable bonds is 5. The van der Waals surface area contributed by atoms with Crippen molar-refractivity contribution in [2.75, 3.05) is 11.4 Å². The first kappa shape index (κ1) is 24.9. The highest BCUT2D eigenvalue weighted by Crippen LogP contribution is 2.34. The van der Waals surface area contributed by atoms with Crippen molar-refractivity contribution < 1.29 is 9.13 Å². The van der Waals surface area contributed by atoms with Crippen LogP contribution >= 0.6 is 11.6 Å². The van der Waals surface area contributed by atoms with Crippen molar-refractivity contribution >= 4 is 34.4 Å². The van der Waals surface area contributed by atoms with Crippen LogP contribution in [0.4, 0.5) is 16.0 Å². The summed E-state index contributed by atoms with van der Waals surface area (Å²) >= 11 is 6.20. The molecule has 0 radical (unpaired) electrons. The highest BCUT2D eigenvalue weighted by molar-refractivity contribution is 6.31. The van der Waals surface area contributed by atoms with Crippen LogP contribution in [0.3, 0.4) is 0 Å². The summed E-state index contributed by atoms with van der Waals surface area (Å²) in [6.45, 7) is 3.03. The Morgan fingerprint density at radius 2 is 1.69 bits per heavy atom. The highest BCUT2D eigenvalue weighted by atomic mass is 35.5. The zero-order chi connectivity index (χ0) is 27.3. The van der Waals surface area contributed by atoms with E-state index in [2.05, 4.69) is 6.92 Å². The first-order valence-corrected chi connectivity index (χ1v) is 12.9. The van der Waals surface area contributed by atoms with Crippen LogP contribution in [0.1, 0.15) is 12.5 Å². The summed E-state index contributed by atoms with van der Waals surface area (Å²) in [5.41, 5.74) is 0.404. The Kier molecular flexibility index (Phi) is 6.23. The summed E-state index contributed by atoms with van der Waals surface area (Å²) in [4.78, 5) is 33.7. The Bertz CT molecular complexity index is 1790. The number of ether oxygens (including phenoxy) is 1. The molecule has 0 N–H and O–H groups in total. The zero-order valence-electron chi connectivity index (χ0n) is 21.3. The van der Waals surface area contributed by atoms with E-state index in [-0.39, 0.29) is 28.7 Å². The maximum atomic E-state index is 14.5. The largest absolute Gasteiger partial charge is 0.457 e. The molecule has 1 unspecified atom stereocenters. The summed E-state index contributed by atoms with van der Waals surface area (Å²) in [6.07, 6.45) is 0. The monoisotopic (exact) mass is 545 g/mol. The van der Waals surface area contributed by atoms with E-state index in [9.17, 15) is 14.0 Å². The molecule has 6 rings (SSSR count). The van der Waals surface area contributed by atoms with Crippen LogP contribution in [0.2, 0.25) is 5.02 Å². The molecule has 2 aromatic heterocycles. The minimum atomic E-state index is -0.593. The number of halogens is 2. The van der Waals surface area contributed by atoms with Crippen molar-refractivity contribution in [2.24, 2.45) is 13.0 Å². The molecule has 0 aliphatic carbocycles. The molecule has 0 fully saturated rings. The lowest BCUT2D eigenvalue weighted by atomic mass is 10.1. The number of para-hydroxylation sites is 1. The van der Waals surface area contributed by atoms with Gasteiger partial charge in [-0.1, -0.05) is 42.8 Å². The molecule has 1 aliphatic rings. The van der Waals surface area contributed by atoms with Crippen molar-refractivity contribution in [3.8, 4) is 11.5 Å². The third kappa shape index (κ3) is 4.38. The Balaban J connectivity index is 1.43. The van der Waals surface area contributed by atoms with E-state index in [1.165, 1.54) is 22.8 Å². The van der Waals surface area contributed by atoms with Crippen LogP contribution in [-0.4, -0.2) is 25.2 Å². The van der Waals surface area contributed by atoms with Gasteiger partial charge in [-0.25, -0.2) is 9.18 Å². The molecule has 5 aromatic rings. The molecule has 1 atom stereocenters. The van der Waals surface area contributed by atoms with Gasteiger partial charge in [-0.15, -0.1) is 0 Å². The van der Waals surface area contributed by atoms with Crippen molar-refractivity contribution in [2.45, 2.75) is 20.0 Å². The quantitative estimate of drug-likeness (QED) is 0.299. The van der Waals surface area contributed by atoms with Crippen LogP contribution in [0.5, 0.6) is 11.5 Å². The van der Waals surface area contributed by atoms with Gasteiger partial charge >= 0.3 is 5.69 Å². The molecule has 0 saturated heterocycles. The maximum absolute atomic E-state index is 14.5. The minimum absolute atomic E-state index is 0.0869. The van der Waals surface area contributed by atoms with E-state index in [1.807, 2.05) is 64.1 Å². The second-order valence-electron chi connectivity index (χ2n) is 9.75. The summed E-state index contributed by atoms with van der Waals surface area (Å²) < 4.78 is 24.6. The van der Waals surface area contributed by atoms with E-state index >= 15 is 0 Å². The molecule has 39 heavy (non-hydrogen) atoms. The Hall–Kier alpha value is -4.37. The third-order valence-corrected chi connectivity index (χ3v) is 7.30. The van der Waals surface area contributed by atoms with Crippen LogP contribution in [0, 0.1) is 11.7 Å². The summed E-state index contributed by atoms with van der Waals surface area (Å²) in [7, 11) is 1.56. The Morgan fingerprint density at radius 3 is 2.41 bits per heavy atom. The summed E-state index contributed by atoms with van der Waals surface area (Å²) in [6, 6.07) is 21.5. The third-order valence-electron chi connectivity index (χ3n) is 6.95. The van der Waals surface area contributed by atoms with E-state index in [1.54, 1.807) is 7.05 Å². The van der Waals surface area contributed by atoms with E-state index in [0.29, 0.717) is 30.3 Å². The second kappa shape index (κ2) is 9.74. The van der Waals surface area contributed by atoms with Gasteiger partial charge < -0.3 is 14.2 Å². The van der Waals surface area contributed by atoms with Gasteiger partial charge in [0, 0.05) is 36.4 Å². The molecule has 3 heterocycles. The number of imidazole rings is 1. The van der Waals surface area contributed by atoms with Gasteiger partial charge in [0.05, 0.1) is 6.54 Å². The maximum Gasteiger partial charge on any atom is 0.332 e. The number of aromatic nitrogens is 4. The topological polar surface area (TPSA) is 74.3 Å². The minimum Gasteiger partial charge on any atom is -0.457 e. The van der Waals surface area contributed by atoms with Crippen LogP contribution in [-0.2, 0) is 20.1 Å². The number of anilines is 2. The van der Waals surface area contributed by atoms with E-state index in [0.717, 1.165) is 16.0 Å². The zero-order valence-corrected chi connectivity index (χ0v) is 22.1. The van der Waals surface area contributed by atoms with Crippen LogP contribution in [0.15, 0.2) is 82.4 Å². The standard InChI is InChI=1S/C29H25ClFN5O3/c1-18-15-34(19-11-13-21(14-12-19)39-20-7-4-3-5-8-20)28-32-26-25(35(28)16-18)27(37)36(29(38)33(26)2)17-22-23(30)9-6-10-24(22)31/h3-14,18H,15-17H2,1-2H3. The van der Waals surface area contributed by atoms with Gasteiger partial charge in [-0.05, 0) is 54.4 Å². The molecule has 3 aromatic carbocycles. The number of hydrogen-bond donors (Lipinski definition) is 0. The number of fused-ring (bicyclic) bond motifs is 3. The fourth-order valence-corrected chi connectivity index (χ4v) is 5.25. The molecule has 0 spiro atoms. The molecule has 1 aliphatic heterocycles. The van der Waals surface area contributed by atoms with Crippen LogP contribution < -0.4 is 20.9 Å². The second-order valence-corrected chi connectivity index (χ2v) is 10.2. The average Bonchev–Trinajstić information content (AvgIpc) is 3.31. The summed E-state index contributed by atoms with van der Waals surface area (Å²) in [5, 5.41) is 0.152. The first-order valence-electron chi connectivity index (χ1n) is 12.5. The lowest BCUT2D eigenvalue weighted by Gasteiger charge is -2.33. The lowest BCUT2D eigenvalue weighted by Crippen LogP contribution is -2.40. The van der Waals surface area contributed by atoms with Gasteiger partial charge in [0.15, 0.2) is 11.2 Å². The number of nitrogens with zero attached hydrogens (tertiary/aromatic N) is 5. The van der Waals surface area contributed by atoms with Crippen molar-refractivity contribution in [1.29, 1.82) is 0 Å². The van der Waals surface area contributed by atoms with Gasteiger partial charge in [-0.2, -0.15) is 4.98 Å². The summed E-state index contributed by atoms with van der Waals surface area (Å²) in [5.74, 6) is 1.61. The molecular weight excluding hydrogens is 521 g/mol. The van der Waals surface area contributed by atoms with Crippen molar-refractivity contribution in [3.05, 3.63) is 110 Å². The Morgan fingerprint density at radius 1 is 0.974 bits per heavy atom. The van der Waals surface area contributed by atoms with Crippen molar-refractivity contribution in [3.63, 3.8) is 0 Å². The predicted octanol–water partition coefficient (Wildman–Crippen LogP) is 5.32. The smallest absolute Gasteiger partial charge is 0.332 e. The SMILES string of the molecule is CC1CN(c2ccc(Oc3ccccc3)cc2)c2nc3c(c(=O)n(Cc4c(F)cccc4Cl)c(=O)n3C)n2C1. The highest BCUT2D eigenvalue weighted by Gasteiger charge is 2.30. The molecular formula is C29H25ClFN5O3. The molecule has 0 bridgehead atoms. The lowest BCUT2D eigenvalue weighted by molar-refractivity contribution is 0.457. The van der Waals surface area contributed by atoms with E-state index in [4.69, 9.17) is 21.3 Å². The van der Waals surface area contributed by atoms with E-state index < -0.39 is 17.1 Å². The van der Waals surface area contributed by atoms with Crippen molar-refractivity contribution in [1.82, 2.24) is 18.7 Å². The van der Waals surface area contributed by atoms with Crippen LogP contribution in [0.25, 0.3) is 11.2 Å². The fraction of sp³-hybridized carbons (Fsp3) is 0.207. The molecule has 0 saturated carbocycles. The fourth-order valence-electron chi connectivity index (χ4n) is 5.02. The Labute approximate surface area is 228 Å². The normalized spacial score (nSPS) is 15.0. The number of benzene rings is 3. The van der Waals surface area contributed by atoms with Gasteiger partial charge in [0.25, 0.3) is 5.56 Å². The molecule has 10 heteroatoms. The van der Waals surface area contributed by atoms with Gasteiger partial charge in [-0.3, -0.25) is 13.9 Å². The number of hydrogen-bond acceptors (Lipinski definition) is 5.